The number of carbonyl (C=O) groups excluding carboxylic acids is 2. The summed E-state index contributed by atoms with van der Waals surface area (Å²) in [5, 5.41) is 26.6. The normalized spacial score (nSPS) is 22.8. The number of fused-ring (bicyclic) bond motifs is 3. The highest BCUT2D eigenvalue weighted by Crippen LogP contribution is 2.52. The van der Waals surface area contributed by atoms with E-state index >= 15 is 0 Å². The molecule has 7 nitrogen and oxygen atoms in total. The van der Waals surface area contributed by atoms with Crippen molar-refractivity contribution < 1.29 is 24.5 Å². The van der Waals surface area contributed by atoms with Crippen LogP contribution in [0.25, 0.3) is 11.1 Å². The van der Waals surface area contributed by atoms with Gasteiger partial charge in [0.1, 0.15) is 17.3 Å². The molecular weight excluding hydrogens is 552 g/mol. The topological polar surface area (TPSA) is 99.1 Å². The quantitative estimate of drug-likeness (QED) is 0.283. The molecule has 3 atom stereocenters. The van der Waals surface area contributed by atoms with E-state index in [0.29, 0.717) is 43.7 Å². The predicted molar refractivity (Wildman–Crippen MR) is 171 cm³/mol. The molecule has 0 spiro atoms. The van der Waals surface area contributed by atoms with Crippen LogP contribution >= 0.6 is 0 Å². The second-order valence-electron chi connectivity index (χ2n) is 13.0. The summed E-state index contributed by atoms with van der Waals surface area (Å²) in [6.07, 6.45) is 4.62. The van der Waals surface area contributed by atoms with E-state index in [-0.39, 0.29) is 35.5 Å². The van der Waals surface area contributed by atoms with Gasteiger partial charge in [0, 0.05) is 43.5 Å². The number of carbonyl (C=O) groups is 2. The Morgan fingerprint density at radius 3 is 2.50 bits per heavy atom. The molecule has 0 heterocycles. The first-order chi connectivity index (χ1) is 21.2. The Kier molecular flexibility index (Phi) is 8.53. The van der Waals surface area contributed by atoms with Crippen LogP contribution in [0.3, 0.4) is 0 Å². The number of hydrogen-bond acceptors (Lipinski definition) is 6. The number of aliphatic hydroxyl groups is 1. The van der Waals surface area contributed by atoms with Gasteiger partial charge in [-0.05, 0) is 97.5 Å². The van der Waals surface area contributed by atoms with Crippen molar-refractivity contribution in [2.45, 2.75) is 76.4 Å². The van der Waals surface area contributed by atoms with Crippen molar-refractivity contribution in [3.8, 4) is 22.6 Å². The smallest absolute Gasteiger partial charge is 0.255 e. The minimum Gasteiger partial charge on any atom is -0.507 e. The maximum Gasteiger partial charge on any atom is 0.255 e. The van der Waals surface area contributed by atoms with Crippen molar-refractivity contribution in [1.29, 1.82) is 0 Å². The zero-order valence-corrected chi connectivity index (χ0v) is 26.1. The number of nitrogens with one attached hydrogen (secondary N) is 1. The number of ether oxygens (including phenoxy) is 1. The minimum absolute atomic E-state index is 0.0962. The van der Waals surface area contributed by atoms with Crippen LogP contribution < -0.4 is 10.1 Å². The van der Waals surface area contributed by atoms with Gasteiger partial charge in [0.05, 0.1) is 18.3 Å². The van der Waals surface area contributed by atoms with E-state index in [1.165, 1.54) is 12.8 Å². The lowest BCUT2D eigenvalue weighted by Gasteiger charge is -2.52. The molecule has 7 heteroatoms. The summed E-state index contributed by atoms with van der Waals surface area (Å²) in [5.74, 6) is 0.669. The number of Topliss-reactive ketones (excluding diaryl/α,β-unsaturated/α-hetero) is 1. The maximum absolute atomic E-state index is 13.3. The van der Waals surface area contributed by atoms with Crippen molar-refractivity contribution in [2.75, 3.05) is 26.7 Å². The molecule has 0 saturated heterocycles. The van der Waals surface area contributed by atoms with Gasteiger partial charge in [-0.25, -0.2) is 0 Å². The molecule has 3 aromatic rings. The fourth-order valence-corrected chi connectivity index (χ4v) is 7.45. The number of methoxy groups -OCH3 is 1. The highest BCUT2D eigenvalue weighted by Gasteiger charge is 2.54. The lowest BCUT2D eigenvalue weighted by molar-refractivity contribution is -0.135. The zero-order valence-electron chi connectivity index (χ0n) is 26.1. The Labute approximate surface area is 260 Å². The van der Waals surface area contributed by atoms with Crippen LogP contribution in [-0.4, -0.2) is 65.2 Å². The molecule has 3 aliphatic carbocycles. The van der Waals surface area contributed by atoms with Crippen molar-refractivity contribution in [3.05, 3.63) is 82.4 Å². The number of phenolic OH excluding ortho intramolecular Hbond substituents is 1. The van der Waals surface area contributed by atoms with Gasteiger partial charge in [0.2, 0.25) is 0 Å². The average Bonchev–Trinajstić information content (AvgIpc) is 3.85. The van der Waals surface area contributed by atoms with E-state index < -0.39 is 11.5 Å². The van der Waals surface area contributed by atoms with E-state index in [2.05, 4.69) is 47.5 Å². The number of ketones is 1. The van der Waals surface area contributed by atoms with Crippen molar-refractivity contribution in [1.82, 2.24) is 10.2 Å². The molecule has 232 valence electrons. The molecule has 3 aliphatic rings. The number of benzene rings is 3. The van der Waals surface area contributed by atoms with Gasteiger partial charge in [0.25, 0.3) is 5.91 Å². The molecule has 2 fully saturated rings. The standard InChI is InChI=1S/C37H44N2O5/c1-4-39(22-25-5-6-25)33-20-28-11-13-30(35(41)34(28)31-21-29(40)15-17-37(31,33)43)36(42)38-18-16-24-7-9-26(10-8-24)27-12-14-32(44-3)23(2)19-27/h7-14,19,25,31,33,41,43H,4-6,15-18,20-22H2,1-3H3,(H,38,42)/t31?,33-,37+/m1/s1. The number of rotatable bonds is 10. The minimum atomic E-state index is -1.12. The molecule has 0 radical (unpaired) electrons. The molecule has 44 heavy (non-hydrogen) atoms. The van der Waals surface area contributed by atoms with E-state index in [1.54, 1.807) is 13.2 Å². The third-order valence-corrected chi connectivity index (χ3v) is 10.1. The second kappa shape index (κ2) is 12.4. The van der Waals surface area contributed by atoms with E-state index in [0.717, 1.165) is 46.7 Å². The van der Waals surface area contributed by atoms with Gasteiger partial charge >= 0.3 is 0 Å². The molecule has 0 bridgehead atoms. The van der Waals surface area contributed by atoms with E-state index in [1.807, 2.05) is 25.1 Å². The first-order valence-electron chi connectivity index (χ1n) is 16.1. The lowest BCUT2D eigenvalue weighted by Crippen LogP contribution is -2.61. The van der Waals surface area contributed by atoms with Crippen molar-refractivity contribution >= 4 is 11.7 Å². The predicted octanol–water partition coefficient (Wildman–Crippen LogP) is 5.57. The Morgan fingerprint density at radius 2 is 1.82 bits per heavy atom. The summed E-state index contributed by atoms with van der Waals surface area (Å²) in [7, 11) is 1.67. The maximum atomic E-state index is 13.3. The summed E-state index contributed by atoms with van der Waals surface area (Å²) in [4.78, 5) is 28.3. The molecule has 3 aromatic carbocycles. The first-order valence-corrected chi connectivity index (χ1v) is 16.1. The molecule has 3 N–H and O–H groups in total. The van der Waals surface area contributed by atoms with E-state index in [9.17, 15) is 19.8 Å². The second-order valence-corrected chi connectivity index (χ2v) is 13.0. The third-order valence-electron chi connectivity index (χ3n) is 10.1. The highest BCUT2D eigenvalue weighted by atomic mass is 16.5. The van der Waals surface area contributed by atoms with Crippen LogP contribution in [0.1, 0.15) is 77.6 Å². The number of likely N-dealkylation sites (N-methyl/N-ethyl adjacent to an activating group) is 1. The van der Waals surface area contributed by atoms with E-state index in [4.69, 9.17) is 4.74 Å². The number of nitrogens with zero attached hydrogens (tertiary/aromatic N) is 1. The van der Waals surface area contributed by atoms with Crippen LogP contribution in [-0.2, 0) is 17.6 Å². The molecule has 2 saturated carbocycles. The summed E-state index contributed by atoms with van der Waals surface area (Å²) >= 11 is 0. The average molecular weight is 597 g/mol. The Bertz CT molecular complexity index is 1550. The largest absolute Gasteiger partial charge is 0.507 e. The summed E-state index contributed by atoms with van der Waals surface area (Å²) in [6, 6.07) is 17.9. The fourth-order valence-electron chi connectivity index (χ4n) is 7.45. The molecule has 1 unspecified atom stereocenters. The van der Waals surface area contributed by atoms with Crippen LogP contribution in [0.5, 0.6) is 11.5 Å². The van der Waals surface area contributed by atoms with Gasteiger partial charge in [-0.1, -0.05) is 43.3 Å². The summed E-state index contributed by atoms with van der Waals surface area (Å²) in [5.41, 5.74) is 4.99. The molecule has 0 aromatic heterocycles. The number of aromatic hydroxyl groups is 1. The van der Waals surface area contributed by atoms with Gasteiger partial charge in [0.15, 0.2) is 0 Å². The Morgan fingerprint density at radius 1 is 1.07 bits per heavy atom. The number of aryl methyl sites for hydroxylation is 1. The molecule has 1 amide bonds. The van der Waals surface area contributed by atoms with Gasteiger partial charge in [-0.3, -0.25) is 14.5 Å². The monoisotopic (exact) mass is 596 g/mol. The van der Waals surface area contributed by atoms with Crippen LogP contribution in [0.15, 0.2) is 54.6 Å². The van der Waals surface area contributed by atoms with Crippen molar-refractivity contribution in [3.63, 3.8) is 0 Å². The SMILES string of the molecule is CCN(CC1CC1)[C@@H]1Cc2ccc(C(=O)NCCc3ccc(-c4ccc(OC)c(C)c4)cc3)c(O)c2C2CC(=O)CC[C@]21O. The highest BCUT2D eigenvalue weighted by molar-refractivity contribution is 5.97. The number of amides is 1. The Balaban J connectivity index is 1.15. The molecular formula is C37H44N2O5. The summed E-state index contributed by atoms with van der Waals surface area (Å²) in [6.45, 7) is 6.36. The van der Waals surface area contributed by atoms with Crippen LogP contribution in [0.4, 0.5) is 0 Å². The fraction of sp³-hybridized carbons (Fsp3) is 0.459. The van der Waals surface area contributed by atoms with Gasteiger partial charge in [-0.15, -0.1) is 0 Å². The molecule has 6 rings (SSSR count). The number of hydrogen-bond donors (Lipinski definition) is 3. The lowest BCUT2D eigenvalue weighted by atomic mass is 9.61. The first kappa shape index (κ1) is 30.4. The number of phenols is 1. The summed E-state index contributed by atoms with van der Waals surface area (Å²) < 4.78 is 5.37. The zero-order chi connectivity index (χ0) is 31.0. The third kappa shape index (κ3) is 5.87. The van der Waals surface area contributed by atoms with Crippen molar-refractivity contribution in [2.24, 2.45) is 5.92 Å². The molecule has 0 aliphatic heterocycles. The van der Waals surface area contributed by atoms with Gasteiger partial charge < -0.3 is 20.3 Å². The van der Waals surface area contributed by atoms with Gasteiger partial charge in [-0.2, -0.15) is 0 Å². The van der Waals surface area contributed by atoms with Crippen LogP contribution in [0.2, 0.25) is 0 Å². The Hall–Kier alpha value is -3.68. The van der Waals surface area contributed by atoms with Crippen LogP contribution in [0, 0.1) is 12.8 Å².